The van der Waals surface area contributed by atoms with Gasteiger partial charge in [-0.05, 0) is 36.4 Å². The topological polar surface area (TPSA) is 54.7 Å². The van der Waals surface area contributed by atoms with Crippen molar-refractivity contribution in [2.45, 2.75) is 18.4 Å². The molecule has 0 spiro atoms. The summed E-state index contributed by atoms with van der Waals surface area (Å²) >= 11 is 18.7. The van der Waals surface area contributed by atoms with E-state index < -0.39 is 5.79 Å². The van der Waals surface area contributed by atoms with Crippen LogP contribution in [-0.2, 0) is 21.8 Å². The van der Waals surface area contributed by atoms with Crippen LogP contribution in [0.5, 0.6) is 11.5 Å². The van der Waals surface area contributed by atoms with Crippen molar-refractivity contribution < 1.29 is 18.9 Å². The van der Waals surface area contributed by atoms with Gasteiger partial charge in [0.15, 0.2) is 0 Å². The minimum absolute atomic E-state index is 0.251. The third-order valence-electron chi connectivity index (χ3n) is 4.71. The summed E-state index contributed by atoms with van der Waals surface area (Å²) in [5.74, 6) is 0.0815. The Hall–Kier alpha value is -1.96. The van der Waals surface area contributed by atoms with Gasteiger partial charge in [-0.15, -0.1) is 0 Å². The van der Waals surface area contributed by atoms with E-state index in [9.17, 15) is 0 Å². The number of hydrogen-bond donors (Lipinski definition) is 0. The van der Waals surface area contributed by atoms with Crippen molar-refractivity contribution in [1.82, 2.24) is 9.55 Å². The molecule has 0 amide bonds. The Kier molecular flexibility index (Phi) is 6.41. The van der Waals surface area contributed by atoms with Crippen LogP contribution >= 0.6 is 34.8 Å². The number of ether oxygens (including phenoxy) is 4. The zero-order valence-corrected chi connectivity index (χ0v) is 18.3. The van der Waals surface area contributed by atoms with Crippen molar-refractivity contribution in [2.75, 3.05) is 20.3 Å². The average molecular weight is 470 g/mol. The van der Waals surface area contributed by atoms with E-state index in [1.165, 1.54) is 0 Å². The average Bonchev–Trinajstić information content (AvgIpc) is 3.38. The zero-order valence-electron chi connectivity index (χ0n) is 16.1. The summed E-state index contributed by atoms with van der Waals surface area (Å²) in [6, 6.07) is 10.5. The van der Waals surface area contributed by atoms with Crippen LogP contribution in [0.25, 0.3) is 0 Å². The van der Waals surface area contributed by atoms with Crippen molar-refractivity contribution in [2.24, 2.45) is 0 Å². The molecule has 3 aromatic rings. The summed E-state index contributed by atoms with van der Waals surface area (Å²) in [5.41, 5.74) is 0.700. The fraction of sp³-hybridized carbons (Fsp3) is 0.286. The second-order valence-electron chi connectivity index (χ2n) is 6.77. The molecule has 1 aromatic heterocycles. The highest BCUT2D eigenvalue weighted by molar-refractivity contribution is 6.35. The van der Waals surface area contributed by atoms with E-state index in [0.717, 1.165) is 0 Å². The van der Waals surface area contributed by atoms with Crippen molar-refractivity contribution in [3.05, 3.63) is 75.8 Å². The van der Waals surface area contributed by atoms with E-state index in [1.54, 1.807) is 43.9 Å². The summed E-state index contributed by atoms with van der Waals surface area (Å²) in [7, 11) is 1.59. The first-order valence-corrected chi connectivity index (χ1v) is 10.3. The highest BCUT2D eigenvalue weighted by Gasteiger charge is 2.45. The molecule has 1 saturated heterocycles. The maximum Gasteiger partial charge on any atom is 0.215 e. The van der Waals surface area contributed by atoms with Gasteiger partial charge in [0.2, 0.25) is 5.79 Å². The van der Waals surface area contributed by atoms with Crippen LogP contribution in [0.2, 0.25) is 15.1 Å². The predicted molar refractivity (Wildman–Crippen MR) is 115 cm³/mol. The first kappa shape index (κ1) is 21.3. The fourth-order valence-corrected chi connectivity index (χ4v) is 4.06. The van der Waals surface area contributed by atoms with Crippen LogP contribution in [0, 0.1) is 0 Å². The van der Waals surface area contributed by atoms with E-state index in [4.69, 9.17) is 53.8 Å². The number of aromatic nitrogens is 2. The molecule has 0 radical (unpaired) electrons. The lowest BCUT2D eigenvalue weighted by atomic mass is 10.1. The number of methoxy groups -OCH3 is 1. The van der Waals surface area contributed by atoms with Gasteiger partial charge in [-0.1, -0.05) is 34.8 Å². The third kappa shape index (κ3) is 4.53. The molecule has 1 aliphatic heterocycles. The lowest BCUT2D eigenvalue weighted by Crippen LogP contribution is -2.34. The van der Waals surface area contributed by atoms with Gasteiger partial charge in [0.25, 0.3) is 0 Å². The molecule has 2 atom stereocenters. The molecule has 1 aliphatic rings. The second-order valence-corrected chi connectivity index (χ2v) is 8.02. The van der Waals surface area contributed by atoms with E-state index in [-0.39, 0.29) is 12.7 Å². The first-order chi connectivity index (χ1) is 14.5. The Morgan fingerprint density at radius 3 is 2.73 bits per heavy atom. The lowest BCUT2D eigenvalue weighted by Gasteiger charge is -2.30. The van der Waals surface area contributed by atoms with Crippen molar-refractivity contribution in [1.29, 1.82) is 0 Å². The highest BCUT2D eigenvalue weighted by Crippen LogP contribution is 2.41. The van der Waals surface area contributed by atoms with Gasteiger partial charge in [0, 0.05) is 23.0 Å². The summed E-state index contributed by atoms with van der Waals surface area (Å²) < 4.78 is 25.5. The van der Waals surface area contributed by atoms with Gasteiger partial charge in [0.1, 0.15) is 24.2 Å². The zero-order chi connectivity index (χ0) is 21.1. The number of halogens is 3. The Morgan fingerprint density at radius 1 is 1.17 bits per heavy atom. The van der Waals surface area contributed by atoms with E-state index >= 15 is 0 Å². The van der Waals surface area contributed by atoms with E-state index in [1.807, 2.05) is 22.9 Å². The molecule has 0 bridgehead atoms. The van der Waals surface area contributed by atoms with Crippen LogP contribution in [-0.4, -0.2) is 36.0 Å². The fourth-order valence-electron chi connectivity index (χ4n) is 3.28. The molecule has 1 fully saturated rings. The van der Waals surface area contributed by atoms with E-state index in [2.05, 4.69) is 4.98 Å². The summed E-state index contributed by atoms with van der Waals surface area (Å²) in [6.45, 7) is 0.945. The maximum atomic E-state index is 6.55. The van der Waals surface area contributed by atoms with Crippen LogP contribution in [0.1, 0.15) is 5.56 Å². The summed E-state index contributed by atoms with van der Waals surface area (Å²) in [5, 5.41) is 1.46. The smallest absolute Gasteiger partial charge is 0.215 e. The van der Waals surface area contributed by atoms with Crippen LogP contribution in [0.3, 0.4) is 0 Å². The summed E-state index contributed by atoms with van der Waals surface area (Å²) in [6.07, 6.45) is 4.90. The molecule has 2 unspecified atom stereocenters. The molecule has 30 heavy (non-hydrogen) atoms. The van der Waals surface area contributed by atoms with Gasteiger partial charge in [0.05, 0.1) is 36.6 Å². The van der Waals surface area contributed by atoms with Crippen LogP contribution in [0.15, 0.2) is 55.1 Å². The molecule has 0 aliphatic carbocycles. The molecule has 158 valence electrons. The number of hydrogen-bond acceptors (Lipinski definition) is 5. The Morgan fingerprint density at radius 2 is 2.03 bits per heavy atom. The first-order valence-electron chi connectivity index (χ1n) is 9.18. The highest BCUT2D eigenvalue weighted by atomic mass is 35.5. The van der Waals surface area contributed by atoms with Crippen LogP contribution in [0.4, 0.5) is 0 Å². The van der Waals surface area contributed by atoms with Crippen molar-refractivity contribution in [3.8, 4) is 11.5 Å². The van der Waals surface area contributed by atoms with Crippen LogP contribution < -0.4 is 9.47 Å². The quantitative estimate of drug-likeness (QED) is 0.476. The largest absolute Gasteiger partial charge is 0.497 e. The van der Waals surface area contributed by atoms with Gasteiger partial charge in [-0.2, -0.15) is 0 Å². The van der Waals surface area contributed by atoms with Crippen molar-refractivity contribution in [3.63, 3.8) is 0 Å². The molecule has 2 aromatic carbocycles. The molecule has 0 saturated carbocycles. The van der Waals surface area contributed by atoms with Gasteiger partial charge in [-0.3, -0.25) is 0 Å². The minimum atomic E-state index is -1.10. The number of benzene rings is 2. The van der Waals surface area contributed by atoms with Gasteiger partial charge < -0.3 is 23.5 Å². The SMILES string of the molecule is COc1ccc(C2(Cn3ccnc3)OCC(COc3ccc(Cl)cc3Cl)O2)c(Cl)c1. The molecule has 2 heterocycles. The lowest BCUT2D eigenvalue weighted by molar-refractivity contribution is -0.189. The Labute approximate surface area is 189 Å². The standard InChI is InChI=1S/C21H19Cl3N2O4/c1-27-15-3-4-17(18(23)9-15)21(12-26-7-6-25-13-26)29-11-16(30-21)10-28-20-5-2-14(22)8-19(20)24/h2-9,13,16H,10-12H2,1H3. The predicted octanol–water partition coefficient (Wildman–Crippen LogP) is 5.20. The van der Waals surface area contributed by atoms with Gasteiger partial charge >= 0.3 is 0 Å². The normalized spacial score (nSPS) is 21.0. The number of imidazole rings is 1. The van der Waals surface area contributed by atoms with Gasteiger partial charge in [-0.25, -0.2) is 4.98 Å². The molecular formula is C21H19Cl3N2O4. The second kappa shape index (κ2) is 9.04. The maximum absolute atomic E-state index is 6.55. The number of rotatable bonds is 7. The molecular weight excluding hydrogens is 451 g/mol. The monoisotopic (exact) mass is 468 g/mol. The van der Waals surface area contributed by atoms with Crippen molar-refractivity contribution >= 4 is 34.8 Å². The summed E-state index contributed by atoms with van der Waals surface area (Å²) in [4.78, 5) is 4.10. The molecule has 0 N–H and O–H groups in total. The Bertz CT molecular complexity index is 1020. The molecule has 6 nitrogen and oxygen atoms in total. The Balaban J connectivity index is 1.55. The minimum Gasteiger partial charge on any atom is -0.497 e. The molecule has 4 rings (SSSR count). The third-order valence-corrected chi connectivity index (χ3v) is 5.56. The number of nitrogens with zero attached hydrogens (tertiary/aromatic N) is 2. The van der Waals surface area contributed by atoms with E-state index in [0.29, 0.717) is 45.3 Å². The molecule has 9 heteroatoms.